The van der Waals surface area contributed by atoms with Crippen molar-refractivity contribution in [3.05, 3.63) is 35.8 Å². The largest absolute Gasteiger partial charge is 0.472 e. The average Bonchev–Trinajstić information content (AvgIpc) is 3.54. The maximum absolute atomic E-state index is 6.42. The molecular weight excluding hydrogens is 394 g/mol. The fraction of sp³-hybridized carbons (Fsp3) is 0.793. The van der Waals surface area contributed by atoms with Gasteiger partial charge in [0, 0.05) is 6.54 Å². The van der Waals surface area contributed by atoms with Crippen LogP contribution in [0.25, 0.3) is 0 Å². The molecule has 4 aliphatic carbocycles. The lowest BCUT2D eigenvalue weighted by molar-refractivity contribution is -0.0522. The molecule has 3 heteroatoms. The molecule has 1 saturated heterocycles. The van der Waals surface area contributed by atoms with Crippen LogP contribution in [-0.4, -0.2) is 37.2 Å². The monoisotopic (exact) mass is 437 g/mol. The lowest BCUT2D eigenvalue weighted by Crippen LogP contribution is -2.50. The summed E-state index contributed by atoms with van der Waals surface area (Å²) >= 11 is 0. The van der Waals surface area contributed by atoms with Crippen molar-refractivity contribution in [2.75, 3.05) is 26.2 Å². The Morgan fingerprint density at radius 1 is 1.06 bits per heavy atom. The first kappa shape index (κ1) is 21.5. The molecule has 0 spiro atoms. The molecule has 1 aliphatic heterocycles. The van der Waals surface area contributed by atoms with E-state index in [1.54, 1.807) is 5.57 Å². The van der Waals surface area contributed by atoms with Crippen molar-refractivity contribution in [3.63, 3.8) is 0 Å². The van der Waals surface area contributed by atoms with Gasteiger partial charge in [-0.3, -0.25) is 0 Å². The molecule has 0 bridgehead atoms. The molecule has 32 heavy (non-hydrogen) atoms. The second-order valence-corrected chi connectivity index (χ2v) is 12.3. The summed E-state index contributed by atoms with van der Waals surface area (Å²) in [6, 6.07) is 2.23. The van der Waals surface area contributed by atoms with Crippen LogP contribution in [0, 0.1) is 28.6 Å². The van der Waals surface area contributed by atoms with Gasteiger partial charge in [-0.2, -0.15) is 0 Å². The number of hydrogen-bond donors (Lipinski definition) is 0. The van der Waals surface area contributed by atoms with Gasteiger partial charge in [0.2, 0.25) is 0 Å². The van der Waals surface area contributed by atoms with E-state index in [0.717, 1.165) is 30.9 Å². The Bertz CT molecular complexity index is 824. The second kappa shape index (κ2) is 8.31. The molecule has 5 aliphatic rings. The number of ether oxygens (including phenoxy) is 1. The molecule has 3 saturated carbocycles. The van der Waals surface area contributed by atoms with Crippen molar-refractivity contribution in [1.29, 1.82) is 0 Å². The minimum absolute atomic E-state index is 0.423. The standard InChI is InChI=1S/C29H43NO2/c1-28-12-9-23(32-18-16-30-14-3-4-15-30)19-22(28)5-6-24-26-8-7-25(21-11-17-31-20-21)29(26,2)13-10-27(24)28/h5,11,17,20,23-27H,3-4,6-10,12-16,18-19H2,1-2H3/t23-,24-,25+,26-,27-,28-,29+/m0/s1. The minimum Gasteiger partial charge on any atom is -0.472 e. The summed E-state index contributed by atoms with van der Waals surface area (Å²) in [6.45, 7) is 9.86. The zero-order chi connectivity index (χ0) is 21.8. The fourth-order valence-corrected chi connectivity index (χ4v) is 9.15. The molecule has 0 N–H and O–H groups in total. The van der Waals surface area contributed by atoms with Crippen LogP contribution in [0.15, 0.2) is 34.7 Å². The lowest BCUT2D eigenvalue weighted by Gasteiger charge is -2.58. The third kappa shape index (κ3) is 3.45. The Kier molecular flexibility index (Phi) is 5.57. The molecule has 4 fully saturated rings. The summed E-state index contributed by atoms with van der Waals surface area (Å²) in [4.78, 5) is 2.58. The molecule has 0 unspecified atom stereocenters. The first-order valence-electron chi connectivity index (χ1n) is 13.6. The minimum atomic E-state index is 0.423. The summed E-state index contributed by atoms with van der Waals surface area (Å²) in [5, 5.41) is 0. The van der Waals surface area contributed by atoms with Crippen LogP contribution in [0.5, 0.6) is 0 Å². The van der Waals surface area contributed by atoms with Crippen LogP contribution in [-0.2, 0) is 4.74 Å². The molecular formula is C29H43NO2. The maximum Gasteiger partial charge on any atom is 0.0937 e. The molecule has 3 nitrogen and oxygen atoms in total. The molecule has 6 rings (SSSR count). The molecule has 176 valence electrons. The van der Waals surface area contributed by atoms with Crippen molar-refractivity contribution in [3.8, 4) is 0 Å². The summed E-state index contributed by atoms with van der Waals surface area (Å²) in [5.41, 5.74) is 4.09. The Hall–Kier alpha value is -1.06. The van der Waals surface area contributed by atoms with Gasteiger partial charge < -0.3 is 14.1 Å². The van der Waals surface area contributed by atoms with E-state index in [0.29, 0.717) is 22.9 Å². The molecule has 1 aromatic heterocycles. The van der Waals surface area contributed by atoms with E-state index in [1.807, 2.05) is 12.5 Å². The number of fused-ring (bicyclic) bond motifs is 5. The highest BCUT2D eigenvalue weighted by Gasteiger charge is 2.58. The summed E-state index contributed by atoms with van der Waals surface area (Å²) in [7, 11) is 0. The smallest absolute Gasteiger partial charge is 0.0937 e. The van der Waals surface area contributed by atoms with E-state index < -0.39 is 0 Å². The zero-order valence-corrected chi connectivity index (χ0v) is 20.4. The summed E-state index contributed by atoms with van der Waals surface area (Å²) < 4.78 is 11.9. The van der Waals surface area contributed by atoms with Crippen LogP contribution >= 0.6 is 0 Å². The van der Waals surface area contributed by atoms with Gasteiger partial charge in [0.15, 0.2) is 0 Å². The number of hydrogen-bond acceptors (Lipinski definition) is 3. The van der Waals surface area contributed by atoms with Gasteiger partial charge in [-0.05, 0) is 123 Å². The van der Waals surface area contributed by atoms with E-state index in [2.05, 4.69) is 30.9 Å². The van der Waals surface area contributed by atoms with Crippen LogP contribution in [0.1, 0.15) is 89.5 Å². The first-order valence-corrected chi connectivity index (χ1v) is 13.6. The highest BCUT2D eigenvalue weighted by atomic mass is 16.5. The Labute approximate surface area is 195 Å². The first-order chi connectivity index (χ1) is 15.6. The Morgan fingerprint density at radius 3 is 2.75 bits per heavy atom. The third-order valence-corrected chi connectivity index (χ3v) is 11.0. The van der Waals surface area contributed by atoms with Gasteiger partial charge in [0.1, 0.15) is 0 Å². The number of rotatable bonds is 5. The van der Waals surface area contributed by atoms with E-state index >= 15 is 0 Å². The number of likely N-dealkylation sites (tertiary alicyclic amines) is 1. The molecule has 0 radical (unpaired) electrons. The molecule has 1 aromatic rings. The predicted octanol–water partition coefficient (Wildman–Crippen LogP) is 6.81. The number of furan rings is 1. The quantitative estimate of drug-likeness (QED) is 0.473. The van der Waals surface area contributed by atoms with Gasteiger partial charge >= 0.3 is 0 Å². The Morgan fingerprint density at radius 2 is 1.94 bits per heavy atom. The topological polar surface area (TPSA) is 25.6 Å². The summed E-state index contributed by atoms with van der Waals surface area (Å²) in [6.07, 6.45) is 20.5. The van der Waals surface area contributed by atoms with Gasteiger partial charge in [0.25, 0.3) is 0 Å². The van der Waals surface area contributed by atoms with Crippen LogP contribution in [0.4, 0.5) is 0 Å². The molecule has 0 amide bonds. The average molecular weight is 438 g/mol. The normalized spacial score (nSPS) is 44.1. The van der Waals surface area contributed by atoms with Crippen molar-refractivity contribution in [2.45, 2.75) is 90.1 Å². The van der Waals surface area contributed by atoms with Gasteiger partial charge in [0.05, 0.1) is 25.2 Å². The second-order valence-electron chi connectivity index (χ2n) is 12.3. The van der Waals surface area contributed by atoms with Crippen LogP contribution in [0.2, 0.25) is 0 Å². The third-order valence-electron chi connectivity index (χ3n) is 11.0. The Balaban J connectivity index is 1.14. The van der Waals surface area contributed by atoms with Crippen molar-refractivity contribution < 1.29 is 9.15 Å². The highest BCUT2D eigenvalue weighted by Crippen LogP contribution is 2.68. The highest BCUT2D eigenvalue weighted by molar-refractivity contribution is 5.28. The van der Waals surface area contributed by atoms with Crippen molar-refractivity contribution in [2.24, 2.45) is 28.6 Å². The van der Waals surface area contributed by atoms with Crippen molar-refractivity contribution >= 4 is 0 Å². The zero-order valence-electron chi connectivity index (χ0n) is 20.4. The van der Waals surface area contributed by atoms with E-state index in [1.165, 1.54) is 82.9 Å². The molecule has 0 aromatic carbocycles. The lowest BCUT2D eigenvalue weighted by atomic mass is 9.47. The fourth-order valence-electron chi connectivity index (χ4n) is 9.15. The van der Waals surface area contributed by atoms with Crippen molar-refractivity contribution in [1.82, 2.24) is 4.90 Å². The summed E-state index contributed by atoms with van der Waals surface area (Å²) in [5.74, 6) is 3.34. The maximum atomic E-state index is 6.42. The van der Waals surface area contributed by atoms with E-state index in [9.17, 15) is 0 Å². The van der Waals surface area contributed by atoms with E-state index in [-0.39, 0.29) is 0 Å². The van der Waals surface area contributed by atoms with Gasteiger partial charge in [-0.15, -0.1) is 0 Å². The number of nitrogens with zero attached hydrogens (tertiary/aromatic N) is 1. The predicted molar refractivity (Wildman–Crippen MR) is 129 cm³/mol. The van der Waals surface area contributed by atoms with Crippen LogP contribution in [0.3, 0.4) is 0 Å². The van der Waals surface area contributed by atoms with Gasteiger partial charge in [-0.1, -0.05) is 25.5 Å². The van der Waals surface area contributed by atoms with Gasteiger partial charge in [-0.25, -0.2) is 0 Å². The molecule has 2 heterocycles. The van der Waals surface area contributed by atoms with Crippen LogP contribution < -0.4 is 0 Å². The SMILES string of the molecule is C[C@]12CC[C@H]3[C@@H](CC=C4C[C@@H](OCCN5CCCC5)CC[C@@]43C)[C@@H]1CC[C@@H]2c1ccoc1. The molecule has 7 atom stereocenters. The van der Waals surface area contributed by atoms with E-state index in [4.69, 9.17) is 9.15 Å². The number of allylic oxidation sites excluding steroid dienone is 1.